The minimum atomic E-state index is 0.617. The van der Waals surface area contributed by atoms with Gasteiger partial charge in [0, 0.05) is 77.7 Å². The van der Waals surface area contributed by atoms with Gasteiger partial charge in [-0.1, -0.05) is 194 Å². The fraction of sp³-hybridized carbons (Fsp3) is 0.0506. The van der Waals surface area contributed by atoms with Crippen molar-refractivity contribution in [2.24, 2.45) is 0 Å². The zero-order valence-electron chi connectivity index (χ0n) is 50.9. The van der Waals surface area contributed by atoms with Gasteiger partial charge in [0.1, 0.15) is 0 Å². The molecule has 0 saturated heterocycles. The number of halogens is 3. The average Bonchev–Trinajstić information content (AvgIpc) is 0.859. The number of rotatable bonds is 11. The molecule has 0 N–H and O–H groups in total. The van der Waals surface area contributed by atoms with E-state index in [9.17, 15) is 0 Å². The molecule has 0 fully saturated rings. The molecular formula is C79H58Br2ClN9Zn. The number of aryl methyl sites for hydroxylation is 4. The molecule has 0 aliphatic carbocycles. The van der Waals surface area contributed by atoms with Crippen molar-refractivity contribution in [1.29, 1.82) is 0 Å². The summed E-state index contributed by atoms with van der Waals surface area (Å²) < 4.78 is 1.93. The second-order valence-electron chi connectivity index (χ2n) is 21.6. The van der Waals surface area contributed by atoms with Crippen LogP contribution in [0.2, 0.25) is 0 Å². The van der Waals surface area contributed by atoms with Gasteiger partial charge in [-0.25, -0.2) is 29.9 Å². The second-order valence-corrected chi connectivity index (χ2v) is 23.5. The Labute approximate surface area is 568 Å². The maximum Gasteiger partial charge on any atom is 0.0461 e. The van der Waals surface area contributed by atoms with E-state index in [1.54, 1.807) is 6.20 Å². The first-order valence-corrected chi connectivity index (χ1v) is 35.1. The van der Waals surface area contributed by atoms with E-state index in [2.05, 4.69) is 208 Å². The second kappa shape index (κ2) is 30.9. The summed E-state index contributed by atoms with van der Waals surface area (Å²) in [5.74, 6) is 3.88. The van der Waals surface area contributed by atoms with E-state index in [1.165, 1.54) is 11.1 Å². The van der Waals surface area contributed by atoms with Crippen molar-refractivity contribution in [3.05, 3.63) is 317 Å². The number of benzene rings is 9. The summed E-state index contributed by atoms with van der Waals surface area (Å²) in [5, 5.41) is 0. The van der Waals surface area contributed by atoms with E-state index in [-0.39, 0.29) is 0 Å². The molecule has 14 aromatic rings. The number of nitrogens with zero attached hydrogens (tertiary/aromatic N) is 9. The Kier molecular flexibility index (Phi) is 21.4. The first-order chi connectivity index (χ1) is 45.0. The molecule has 442 valence electrons. The predicted octanol–water partition coefficient (Wildman–Crippen LogP) is 21.2. The van der Waals surface area contributed by atoms with Crippen LogP contribution in [0, 0.1) is 33.8 Å². The summed E-state index contributed by atoms with van der Waals surface area (Å²) in [6.45, 7) is 8.30. The summed E-state index contributed by atoms with van der Waals surface area (Å²) in [7, 11) is 4.76. The zero-order chi connectivity index (χ0) is 63.8. The Morgan fingerprint density at radius 3 is 0.848 bits per heavy atom. The van der Waals surface area contributed by atoms with Gasteiger partial charge >= 0.3 is 27.0 Å². The molecule has 0 spiro atoms. The third-order valence-corrected chi connectivity index (χ3v) is 15.6. The normalized spacial score (nSPS) is 10.6. The minimum Gasteiger partial charge on any atom is -0.258 e. The molecule has 9 aromatic carbocycles. The summed E-state index contributed by atoms with van der Waals surface area (Å²) in [6.07, 6.45) is 5.44. The summed E-state index contributed by atoms with van der Waals surface area (Å²) in [4.78, 5) is 42.8. The summed E-state index contributed by atoms with van der Waals surface area (Å²) >= 11 is 7.96. The number of hydrogen-bond donors (Lipinski definition) is 0. The SMILES string of the molecule is Cc1cccc(-c2nc(-c3cccc(C)c3)nc(-c3cc(-c4ccc(-c5ccccn5)cc4)cc(-c4ccc(-c5ccccn5)cc4)c3)n2)c1.Cc1cccc(-c2nc(-c3cccc(C)c3)nc(-c3cc(Br)cc(Br)c3)n2)c1.[Cl][Zn+].[c-]1ccc(-c2ccccn2)cc1. The Hall–Kier alpha value is -9.68. The van der Waals surface area contributed by atoms with E-state index in [1.807, 2.05) is 146 Å². The third kappa shape index (κ3) is 16.6. The molecular weight excluding hydrogens is 1340 g/mol. The van der Waals surface area contributed by atoms with Gasteiger partial charge in [-0.05, 0) is 147 Å². The van der Waals surface area contributed by atoms with Crippen LogP contribution >= 0.6 is 41.6 Å². The number of aromatic nitrogens is 9. The Morgan fingerprint density at radius 2 is 0.543 bits per heavy atom. The molecule has 0 atom stereocenters. The van der Waals surface area contributed by atoms with Crippen LogP contribution in [0.25, 0.3) is 124 Å². The van der Waals surface area contributed by atoms with Crippen molar-refractivity contribution in [3.63, 3.8) is 0 Å². The standard InChI is InChI=1S/C45H33N5.C23H17Br2N3.C11H8N.ClH.Zn/c1-30-9-7-11-36(25-30)43-48-44(37-12-8-10-31(2)26-37)50-45(49-43)40-28-38(32-15-19-34(20-16-32)41-13-3-5-23-46-41)27-39(29-40)33-17-21-35(22-18-33)42-14-4-6-24-47-42;1-14-5-3-7-16(9-14)21-26-22(17-8-4-6-15(2)10-17)28-23(27-21)18-11-19(24)13-20(25)12-18;1-2-6-10(7-3-1)11-8-4-5-9-12-11;;/h3-29H,1-2H3;3-13H,1-2H3;2-9H;1H;/q;;-1;;+2/p-1. The van der Waals surface area contributed by atoms with Gasteiger partial charge < -0.3 is 0 Å². The molecule has 0 bridgehead atoms. The van der Waals surface area contributed by atoms with Gasteiger partial charge in [0.2, 0.25) is 0 Å². The molecule has 0 radical (unpaired) electrons. The van der Waals surface area contributed by atoms with Gasteiger partial charge in [-0.2, -0.15) is 30.3 Å². The van der Waals surface area contributed by atoms with E-state index >= 15 is 0 Å². The molecule has 0 aliphatic rings. The molecule has 14 rings (SSSR count). The van der Waals surface area contributed by atoms with Crippen LogP contribution in [0.4, 0.5) is 0 Å². The minimum absolute atomic E-state index is 0.617. The largest absolute Gasteiger partial charge is 0.258 e. The van der Waals surface area contributed by atoms with Crippen molar-refractivity contribution in [1.82, 2.24) is 44.9 Å². The van der Waals surface area contributed by atoms with Gasteiger partial charge in [-0.3, -0.25) is 15.0 Å². The van der Waals surface area contributed by atoms with Gasteiger partial charge in [-0.15, -0.1) is 5.56 Å². The molecule has 13 heteroatoms. The number of pyridine rings is 3. The van der Waals surface area contributed by atoms with Crippen molar-refractivity contribution in [3.8, 4) is 124 Å². The fourth-order valence-corrected chi connectivity index (χ4v) is 11.6. The average molecular weight is 1390 g/mol. The van der Waals surface area contributed by atoms with Gasteiger partial charge in [0.25, 0.3) is 0 Å². The molecule has 0 aliphatic heterocycles. The maximum absolute atomic E-state index is 5.10. The Bertz CT molecular complexity index is 4490. The Morgan fingerprint density at radius 1 is 0.261 bits per heavy atom. The van der Waals surface area contributed by atoms with Crippen LogP contribution < -0.4 is 0 Å². The topological polar surface area (TPSA) is 116 Å². The van der Waals surface area contributed by atoms with Crippen molar-refractivity contribution < 1.29 is 17.3 Å². The van der Waals surface area contributed by atoms with Crippen LogP contribution in [0.1, 0.15) is 22.3 Å². The van der Waals surface area contributed by atoms with Crippen LogP contribution in [-0.2, 0) is 17.3 Å². The summed E-state index contributed by atoms with van der Waals surface area (Å²) in [5.41, 5.74) is 20.8. The van der Waals surface area contributed by atoms with Crippen LogP contribution in [0.15, 0.2) is 288 Å². The monoisotopic (exact) mass is 1390 g/mol. The van der Waals surface area contributed by atoms with Crippen molar-refractivity contribution >= 4 is 41.6 Å². The van der Waals surface area contributed by atoms with Crippen LogP contribution in [0.3, 0.4) is 0 Å². The number of hydrogen-bond acceptors (Lipinski definition) is 9. The van der Waals surface area contributed by atoms with Crippen LogP contribution in [-0.4, -0.2) is 44.9 Å². The molecule has 0 amide bonds. The molecule has 9 nitrogen and oxygen atoms in total. The quantitative estimate of drug-likeness (QED) is 0.0922. The van der Waals surface area contributed by atoms with E-state index in [4.69, 9.17) is 39.6 Å². The van der Waals surface area contributed by atoms with Crippen molar-refractivity contribution in [2.45, 2.75) is 27.7 Å². The molecule has 92 heavy (non-hydrogen) atoms. The van der Waals surface area contributed by atoms with Crippen molar-refractivity contribution in [2.75, 3.05) is 0 Å². The third-order valence-electron chi connectivity index (χ3n) is 14.7. The molecule has 0 unspecified atom stereocenters. The maximum atomic E-state index is 5.10. The molecule has 5 aromatic heterocycles. The first kappa shape index (κ1) is 63.9. The first-order valence-electron chi connectivity index (χ1n) is 29.6. The smallest absolute Gasteiger partial charge is 0.0461 e. The van der Waals surface area contributed by atoms with E-state index in [0.29, 0.717) is 34.9 Å². The van der Waals surface area contributed by atoms with Crippen LogP contribution in [0.5, 0.6) is 0 Å². The zero-order valence-corrected chi connectivity index (χ0v) is 57.8. The van der Waals surface area contributed by atoms with Gasteiger partial charge in [0.15, 0.2) is 34.9 Å². The van der Waals surface area contributed by atoms with E-state index in [0.717, 1.165) is 127 Å². The Balaban J connectivity index is 0.000000171. The van der Waals surface area contributed by atoms with E-state index < -0.39 is 0 Å². The fourth-order valence-electron chi connectivity index (χ4n) is 10.3. The summed E-state index contributed by atoms with van der Waals surface area (Å²) in [6, 6.07) is 91.4. The molecule has 5 heterocycles. The van der Waals surface area contributed by atoms with Gasteiger partial charge in [0.05, 0.1) is 11.4 Å². The predicted molar refractivity (Wildman–Crippen MR) is 378 cm³/mol. The molecule has 0 saturated carbocycles.